The van der Waals surface area contributed by atoms with Crippen molar-refractivity contribution in [2.75, 3.05) is 39.6 Å². The Hall–Kier alpha value is -1.94. The van der Waals surface area contributed by atoms with Crippen molar-refractivity contribution in [3.05, 3.63) is 0 Å². The molecule has 0 aromatic carbocycles. The molecule has 648 valence electrons. The summed E-state index contributed by atoms with van der Waals surface area (Å²) in [4.78, 5) is 73.3. The van der Waals surface area contributed by atoms with E-state index >= 15 is 0 Å². The van der Waals surface area contributed by atoms with Gasteiger partial charge in [0.15, 0.2) is 12.2 Å². The Morgan fingerprint density at radius 1 is 0.266 bits per heavy atom. The number of aliphatic hydroxyl groups is 1. The lowest BCUT2D eigenvalue weighted by molar-refractivity contribution is -0.161. The molecule has 0 aromatic rings. The van der Waals surface area contributed by atoms with Gasteiger partial charge in [0.1, 0.15) is 19.3 Å². The van der Waals surface area contributed by atoms with E-state index < -0.39 is 97.5 Å². The molecule has 0 saturated carbocycles. The molecule has 0 radical (unpaired) electrons. The van der Waals surface area contributed by atoms with Gasteiger partial charge in [-0.2, -0.15) is 0 Å². The summed E-state index contributed by atoms with van der Waals surface area (Å²) in [5.74, 6) is 0.242. The molecule has 3 unspecified atom stereocenters. The molecule has 0 saturated heterocycles. The van der Waals surface area contributed by atoms with Crippen LogP contribution < -0.4 is 0 Å². The minimum absolute atomic E-state index is 0.107. The number of phosphoric ester groups is 2. The Kier molecular flexibility index (Phi) is 78.5. The van der Waals surface area contributed by atoms with Gasteiger partial charge in [-0.25, -0.2) is 9.13 Å². The van der Waals surface area contributed by atoms with Gasteiger partial charge in [-0.15, -0.1) is 0 Å². The van der Waals surface area contributed by atoms with Gasteiger partial charge < -0.3 is 33.8 Å². The van der Waals surface area contributed by atoms with Gasteiger partial charge in [0, 0.05) is 25.7 Å². The zero-order chi connectivity index (χ0) is 80.0. The zero-order valence-corrected chi connectivity index (χ0v) is 73.8. The van der Waals surface area contributed by atoms with Crippen LogP contribution in [0.4, 0.5) is 0 Å². The van der Waals surface area contributed by atoms with Crippen molar-refractivity contribution in [3.8, 4) is 0 Å². The number of ether oxygens (including phenoxy) is 4. The minimum Gasteiger partial charge on any atom is -0.462 e. The Morgan fingerprint density at radius 2 is 0.468 bits per heavy atom. The van der Waals surface area contributed by atoms with Crippen LogP contribution in [0.3, 0.4) is 0 Å². The van der Waals surface area contributed by atoms with Gasteiger partial charge in [0.05, 0.1) is 26.4 Å². The van der Waals surface area contributed by atoms with Crippen molar-refractivity contribution in [2.24, 2.45) is 17.8 Å². The number of hydrogen-bond donors (Lipinski definition) is 3. The van der Waals surface area contributed by atoms with Crippen LogP contribution in [0.2, 0.25) is 0 Å². The van der Waals surface area contributed by atoms with Crippen LogP contribution in [0.15, 0.2) is 0 Å². The van der Waals surface area contributed by atoms with Gasteiger partial charge in [0.2, 0.25) is 0 Å². The fourth-order valence-corrected chi connectivity index (χ4v) is 15.6. The number of rotatable bonds is 88. The van der Waals surface area contributed by atoms with Crippen LogP contribution >= 0.6 is 15.6 Å². The predicted molar refractivity (Wildman–Crippen MR) is 451 cm³/mol. The first-order chi connectivity index (χ1) is 52.8. The second kappa shape index (κ2) is 79.9. The summed E-state index contributed by atoms with van der Waals surface area (Å²) in [6, 6.07) is 0. The minimum atomic E-state index is -4.97. The lowest BCUT2D eigenvalue weighted by Crippen LogP contribution is -2.30. The monoisotopic (exact) mass is 1590 g/mol. The summed E-state index contributed by atoms with van der Waals surface area (Å²) in [6.07, 6.45) is 72.5. The Bertz CT molecular complexity index is 2100. The molecule has 0 rings (SSSR count). The Morgan fingerprint density at radius 3 is 0.697 bits per heavy atom. The molecule has 0 aromatic heterocycles. The van der Waals surface area contributed by atoms with Crippen molar-refractivity contribution in [3.63, 3.8) is 0 Å². The highest BCUT2D eigenvalue weighted by molar-refractivity contribution is 7.47. The SMILES string of the molecule is CCCCCCCCCCCCCCCCCCCCCCCC(=O)OC[C@H](COP(=O)(O)OC[C@@H](O)COP(=O)(O)OC[C@@H](COC(=O)CCCCCCCCC(C)C)OC(=O)CCCCCCCCCCCCCCCCC(C)C)OC(=O)CCCCCCCCCCCCCCCCCCCCC(C)CC. The van der Waals surface area contributed by atoms with Gasteiger partial charge in [-0.1, -0.05) is 427 Å². The molecule has 0 bridgehead atoms. The highest BCUT2D eigenvalue weighted by Gasteiger charge is 2.31. The van der Waals surface area contributed by atoms with Crippen LogP contribution in [-0.2, 0) is 65.4 Å². The molecule has 0 aliphatic heterocycles. The van der Waals surface area contributed by atoms with Crippen LogP contribution in [0, 0.1) is 17.8 Å². The summed E-state index contributed by atoms with van der Waals surface area (Å²) in [6.45, 7) is 12.0. The maximum absolute atomic E-state index is 13.2. The van der Waals surface area contributed by atoms with Crippen molar-refractivity contribution in [1.29, 1.82) is 0 Å². The number of esters is 4. The number of hydrogen-bond acceptors (Lipinski definition) is 15. The smallest absolute Gasteiger partial charge is 0.462 e. The quantitative estimate of drug-likeness (QED) is 0.0222. The molecule has 3 N–H and O–H groups in total. The van der Waals surface area contributed by atoms with Crippen LogP contribution in [-0.4, -0.2) is 96.7 Å². The molecule has 0 fully saturated rings. The molecule has 109 heavy (non-hydrogen) atoms. The lowest BCUT2D eigenvalue weighted by Gasteiger charge is -2.21. The van der Waals surface area contributed by atoms with E-state index in [1.807, 2.05) is 0 Å². The second-order valence-corrected chi connectivity index (χ2v) is 36.4. The normalized spacial score (nSPS) is 14.1. The number of carbonyl (C=O) groups excluding carboxylic acids is 4. The van der Waals surface area contributed by atoms with E-state index in [9.17, 15) is 43.2 Å². The largest absolute Gasteiger partial charge is 0.472 e. The summed E-state index contributed by atoms with van der Waals surface area (Å²) >= 11 is 0. The fraction of sp³-hybridized carbons (Fsp3) is 0.956. The van der Waals surface area contributed by atoms with Crippen molar-refractivity contribution in [1.82, 2.24) is 0 Å². The van der Waals surface area contributed by atoms with Gasteiger partial charge in [-0.05, 0) is 43.4 Å². The molecular formula is C90H176O17P2. The second-order valence-electron chi connectivity index (χ2n) is 33.5. The predicted octanol–water partition coefficient (Wildman–Crippen LogP) is 27.6. The number of unbranched alkanes of at least 4 members (excludes halogenated alkanes) is 55. The third kappa shape index (κ3) is 82.4. The number of phosphoric acid groups is 2. The lowest BCUT2D eigenvalue weighted by atomic mass is 9.99. The molecule has 6 atom stereocenters. The van der Waals surface area contributed by atoms with Crippen molar-refractivity contribution < 1.29 is 80.2 Å². The van der Waals surface area contributed by atoms with E-state index in [0.717, 1.165) is 108 Å². The van der Waals surface area contributed by atoms with Crippen LogP contribution in [0.25, 0.3) is 0 Å². The average Bonchev–Trinajstić information content (AvgIpc) is 0.897. The van der Waals surface area contributed by atoms with E-state index in [2.05, 4.69) is 48.5 Å². The average molecular weight is 1590 g/mol. The van der Waals surface area contributed by atoms with Gasteiger partial charge in [-0.3, -0.25) is 37.3 Å². The standard InChI is InChI=1S/C90H176O17P2/c1-8-10-11-12-13-14-15-16-17-18-19-20-21-25-28-34-39-44-49-57-64-71-87(92)100-77-85(106-89(94)73-66-59-50-45-40-35-29-26-23-22-24-27-33-38-43-48-56-63-70-83(7)9-2)79-104-108(96,97)102-75-84(91)76-103-109(98,99)105-80-86(78-101-88(93)72-65-58-53-52-55-62-69-82(5)6)107-90(95)74-67-60-51-46-41-36-31-30-32-37-42-47-54-61-68-81(3)4/h81-86,91H,8-80H2,1-7H3,(H,96,97)(H,98,99)/t83?,84-,85-,86-/m1/s1. The molecule has 0 heterocycles. The summed E-state index contributed by atoms with van der Waals surface area (Å²) in [5, 5.41) is 10.7. The van der Waals surface area contributed by atoms with Crippen molar-refractivity contribution in [2.45, 2.75) is 497 Å². The summed E-state index contributed by atoms with van der Waals surface area (Å²) in [5.41, 5.74) is 0. The summed E-state index contributed by atoms with van der Waals surface area (Å²) in [7, 11) is -9.93. The maximum Gasteiger partial charge on any atom is 0.472 e. The third-order valence-electron chi connectivity index (χ3n) is 21.5. The molecule has 0 aliphatic carbocycles. The molecule has 0 aliphatic rings. The molecule has 19 heteroatoms. The van der Waals surface area contributed by atoms with Crippen molar-refractivity contribution >= 4 is 39.5 Å². The fourth-order valence-electron chi connectivity index (χ4n) is 14.0. The van der Waals surface area contributed by atoms with Crippen LogP contribution in [0.5, 0.6) is 0 Å². The van der Waals surface area contributed by atoms with E-state index in [-0.39, 0.29) is 25.7 Å². The Labute approximate surface area is 670 Å². The summed E-state index contributed by atoms with van der Waals surface area (Å²) < 4.78 is 69.0. The molecule has 17 nitrogen and oxygen atoms in total. The Balaban J connectivity index is 5.20. The molecular weight excluding hydrogens is 1410 g/mol. The highest BCUT2D eigenvalue weighted by Crippen LogP contribution is 2.45. The third-order valence-corrected chi connectivity index (χ3v) is 23.4. The zero-order valence-electron chi connectivity index (χ0n) is 72.0. The van der Waals surface area contributed by atoms with Gasteiger partial charge in [0.25, 0.3) is 0 Å². The first-order valence-electron chi connectivity index (χ1n) is 46.4. The van der Waals surface area contributed by atoms with Crippen LogP contribution in [0.1, 0.15) is 479 Å². The maximum atomic E-state index is 13.2. The highest BCUT2D eigenvalue weighted by atomic mass is 31.2. The van der Waals surface area contributed by atoms with E-state index in [1.54, 1.807) is 0 Å². The number of carbonyl (C=O) groups is 4. The van der Waals surface area contributed by atoms with E-state index in [0.29, 0.717) is 31.6 Å². The first kappa shape index (κ1) is 107. The first-order valence-corrected chi connectivity index (χ1v) is 49.4. The van der Waals surface area contributed by atoms with Gasteiger partial charge >= 0.3 is 39.5 Å². The topological polar surface area (TPSA) is 237 Å². The van der Waals surface area contributed by atoms with E-state index in [1.165, 1.54) is 283 Å². The molecule has 0 amide bonds. The van der Waals surface area contributed by atoms with E-state index in [4.69, 9.17) is 37.0 Å². The molecule has 0 spiro atoms. The number of aliphatic hydroxyl groups excluding tert-OH is 1.